The number of carbonyl (C=O) groups is 1. The first kappa shape index (κ1) is 13.1. The van der Waals surface area contributed by atoms with Crippen LogP contribution in [0.5, 0.6) is 0 Å². The molecule has 0 aliphatic heterocycles. The summed E-state index contributed by atoms with van der Waals surface area (Å²) in [4.78, 5) is 22.2. The Morgan fingerprint density at radius 1 is 1.59 bits per heavy atom. The third-order valence-electron chi connectivity index (χ3n) is 1.79. The molecule has 0 atom stereocenters. The van der Waals surface area contributed by atoms with E-state index in [0.717, 1.165) is 5.57 Å². The van der Waals surface area contributed by atoms with Crippen molar-refractivity contribution >= 4 is 5.91 Å². The molecule has 1 aromatic rings. The minimum atomic E-state index is -0.347. The molecule has 0 radical (unpaired) electrons. The van der Waals surface area contributed by atoms with Crippen molar-refractivity contribution in [2.75, 3.05) is 19.8 Å². The number of ether oxygens (including phenoxy) is 1. The zero-order chi connectivity index (χ0) is 12.7. The SMILES string of the molecule is C=C(C)COCCNC(=O)c1ccc(=O)[nH]n1. The molecular weight excluding hydrogens is 222 g/mol. The minimum absolute atomic E-state index is 0.171. The molecule has 0 spiro atoms. The van der Waals surface area contributed by atoms with Gasteiger partial charge in [-0.05, 0) is 13.0 Å². The van der Waals surface area contributed by atoms with Crippen molar-refractivity contribution < 1.29 is 9.53 Å². The molecule has 2 N–H and O–H groups in total. The van der Waals surface area contributed by atoms with E-state index in [2.05, 4.69) is 22.1 Å². The summed E-state index contributed by atoms with van der Waals surface area (Å²) in [6, 6.07) is 2.61. The summed E-state index contributed by atoms with van der Waals surface area (Å²) in [7, 11) is 0. The first-order valence-corrected chi connectivity index (χ1v) is 5.15. The number of aromatic nitrogens is 2. The Balaban J connectivity index is 2.28. The van der Waals surface area contributed by atoms with Crippen molar-refractivity contribution in [3.8, 4) is 0 Å². The Kier molecular flexibility index (Phi) is 5.09. The maximum atomic E-state index is 11.5. The molecule has 0 aliphatic rings. The second kappa shape index (κ2) is 6.59. The summed E-state index contributed by atoms with van der Waals surface area (Å²) in [6.07, 6.45) is 0. The highest BCUT2D eigenvalue weighted by molar-refractivity contribution is 5.91. The lowest BCUT2D eigenvalue weighted by atomic mass is 10.3. The zero-order valence-electron chi connectivity index (χ0n) is 9.66. The van der Waals surface area contributed by atoms with E-state index in [1.807, 2.05) is 6.92 Å². The number of rotatable bonds is 6. The Bertz CT molecular complexity index is 433. The second-order valence-corrected chi connectivity index (χ2v) is 3.57. The van der Waals surface area contributed by atoms with Gasteiger partial charge in [0.05, 0.1) is 13.2 Å². The van der Waals surface area contributed by atoms with Crippen LogP contribution in [0.4, 0.5) is 0 Å². The van der Waals surface area contributed by atoms with Crippen molar-refractivity contribution in [3.63, 3.8) is 0 Å². The van der Waals surface area contributed by atoms with Gasteiger partial charge in [0, 0.05) is 12.6 Å². The van der Waals surface area contributed by atoms with E-state index in [4.69, 9.17) is 4.74 Å². The first-order chi connectivity index (χ1) is 8.09. The normalized spacial score (nSPS) is 9.94. The van der Waals surface area contributed by atoms with E-state index in [-0.39, 0.29) is 17.2 Å². The van der Waals surface area contributed by atoms with Crippen LogP contribution in [0.25, 0.3) is 0 Å². The number of hydrogen-bond acceptors (Lipinski definition) is 4. The topological polar surface area (TPSA) is 84.1 Å². The molecule has 0 saturated carbocycles. The first-order valence-electron chi connectivity index (χ1n) is 5.15. The largest absolute Gasteiger partial charge is 0.375 e. The molecule has 0 saturated heterocycles. The molecule has 1 amide bonds. The molecule has 1 rings (SSSR count). The van der Waals surface area contributed by atoms with Crippen LogP contribution < -0.4 is 10.9 Å². The standard InChI is InChI=1S/C11H15N3O3/c1-8(2)7-17-6-5-12-11(16)9-3-4-10(15)14-13-9/h3-4H,1,5-7H2,2H3,(H,12,16)(H,14,15). The molecule has 6 nitrogen and oxygen atoms in total. The highest BCUT2D eigenvalue weighted by Crippen LogP contribution is 1.89. The molecular formula is C11H15N3O3. The van der Waals surface area contributed by atoms with Crippen LogP contribution in [0.1, 0.15) is 17.4 Å². The average molecular weight is 237 g/mol. The minimum Gasteiger partial charge on any atom is -0.375 e. The lowest BCUT2D eigenvalue weighted by molar-refractivity contribution is 0.0921. The number of carbonyl (C=O) groups excluding carboxylic acids is 1. The monoisotopic (exact) mass is 237 g/mol. The molecule has 6 heteroatoms. The van der Waals surface area contributed by atoms with Gasteiger partial charge < -0.3 is 10.1 Å². The fourth-order valence-electron chi connectivity index (χ4n) is 1.04. The van der Waals surface area contributed by atoms with Gasteiger partial charge in [-0.3, -0.25) is 9.59 Å². The van der Waals surface area contributed by atoms with Gasteiger partial charge in [0.15, 0.2) is 0 Å². The number of amides is 1. The van der Waals surface area contributed by atoms with Gasteiger partial charge in [-0.15, -0.1) is 0 Å². The summed E-state index contributed by atoms with van der Waals surface area (Å²) in [5.74, 6) is -0.347. The molecule has 0 aromatic carbocycles. The Labute approximate surface area is 98.7 Å². The highest BCUT2D eigenvalue weighted by atomic mass is 16.5. The van der Waals surface area contributed by atoms with Gasteiger partial charge in [-0.25, -0.2) is 5.10 Å². The van der Waals surface area contributed by atoms with Crippen LogP contribution in [0.15, 0.2) is 29.1 Å². The number of nitrogens with zero attached hydrogens (tertiary/aromatic N) is 1. The highest BCUT2D eigenvalue weighted by Gasteiger charge is 2.05. The van der Waals surface area contributed by atoms with Crippen molar-refractivity contribution in [1.29, 1.82) is 0 Å². The molecule has 0 aliphatic carbocycles. The van der Waals surface area contributed by atoms with E-state index in [1.165, 1.54) is 12.1 Å². The summed E-state index contributed by atoms with van der Waals surface area (Å²) >= 11 is 0. The van der Waals surface area contributed by atoms with E-state index < -0.39 is 0 Å². The van der Waals surface area contributed by atoms with Crippen LogP contribution in [-0.4, -0.2) is 35.9 Å². The molecule has 1 aromatic heterocycles. The maximum absolute atomic E-state index is 11.5. The number of H-pyrrole nitrogens is 1. The van der Waals surface area contributed by atoms with Crippen LogP contribution >= 0.6 is 0 Å². The predicted octanol–water partition coefficient (Wildman–Crippen LogP) is 0.0924. The molecule has 17 heavy (non-hydrogen) atoms. The second-order valence-electron chi connectivity index (χ2n) is 3.57. The summed E-state index contributed by atoms with van der Waals surface area (Å²) in [6.45, 7) is 6.82. The predicted molar refractivity (Wildman–Crippen MR) is 62.8 cm³/mol. The van der Waals surface area contributed by atoms with Crippen molar-refractivity contribution in [2.45, 2.75) is 6.92 Å². The zero-order valence-corrected chi connectivity index (χ0v) is 9.66. The lowest BCUT2D eigenvalue weighted by Crippen LogP contribution is -2.29. The van der Waals surface area contributed by atoms with Crippen LogP contribution in [0, 0.1) is 0 Å². The van der Waals surface area contributed by atoms with Gasteiger partial charge >= 0.3 is 0 Å². The van der Waals surface area contributed by atoms with E-state index >= 15 is 0 Å². The molecule has 0 bridgehead atoms. The van der Waals surface area contributed by atoms with Gasteiger partial charge in [0.2, 0.25) is 0 Å². The number of hydrogen-bond donors (Lipinski definition) is 2. The molecule has 92 valence electrons. The van der Waals surface area contributed by atoms with Gasteiger partial charge in [0.25, 0.3) is 11.5 Å². The average Bonchev–Trinajstić information content (AvgIpc) is 2.29. The Hall–Kier alpha value is -1.95. The van der Waals surface area contributed by atoms with Gasteiger partial charge in [-0.2, -0.15) is 5.10 Å². The summed E-state index contributed by atoms with van der Waals surface area (Å²) in [5, 5.41) is 8.40. The Morgan fingerprint density at radius 3 is 2.94 bits per heavy atom. The van der Waals surface area contributed by atoms with Crippen molar-refractivity contribution in [2.24, 2.45) is 0 Å². The third-order valence-corrected chi connectivity index (χ3v) is 1.79. The lowest BCUT2D eigenvalue weighted by Gasteiger charge is -2.05. The smallest absolute Gasteiger partial charge is 0.271 e. The Morgan fingerprint density at radius 2 is 2.35 bits per heavy atom. The third kappa shape index (κ3) is 5.07. The quantitative estimate of drug-likeness (QED) is 0.542. The van der Waals surface area contributed by atoms with Crippen LogP contribution in [-0.2, 0) is 4.74 Å². The fourth-order valence-corrected chi connectivity index (χ4v) is 1.04. The van der Waals surface area contributed by atoms with Gasteiger partial charge in [-0.1, -0.05) is 12.2 Å². The van der Waals surface area contributed by atoms with Gasteiger partial charge in [0.1, 0.15) is 5.69 Å². The molecule has 0 fully saturated rings. The van der Waals surface area contributed by atoms with E-state index in [0.29, 0.717) is 19.8 Å². The summed E-state index contributed by atoms with van der Waals surface area (Å²) in [5.41, 5.74) is 0.759. The van der Waals surface area contributed by atoms with E-state index in [1.54, 1.807) is 0 Å². The van der Waals surface area contributed by atoms with E-state index in [9.17, 15) is 9.59 Å². The van der Waals surface area contributed by atoms with Crippen molar-refractivity contribution in [3.05, 3.63) is 40.3 Å². The number of aromatic amines is 1. The molecule has 1 heterocycles. The van der Waals surface area contributed by atoms with Crippen LogP contribution in [0.3, 0.4) is 0 Å². The van der Waals surface area contributed by atoms with Crippen molar-refractivity contribution in [1.82, 2.24) is 15.5 Å². The number of nitrogens with one attached hydrogen (secondary N) is 2. The maximum Gasteiger partial charge on any atom is 0.271 e. The van der Waals surface area contributed by atoms with Crippen LogP contribution in [0.2, 0.25) is 0 Å². The summed E-state index contributed by atoms with van der Waals surface area (Å²) < 4.78 is 5.21. The molecule has 0 unspecified atom stereocenters. The fraction of sp³-hybridized carbons (Fsp3) is 0.364.